The van der Waals surface area contributed by atoms with Crippen molar-refractivity contribution >= 4 is 35.2 Å². The van der Waals surface area contributed by atoms with Crippen molar-refractivity contribution < 1.29 is 19.5 Å². The monoisotopic (exact) mass is 549 g/mol. The number of anilines is 1. The predicted octanol–water partition coefficient (Wildman–Crippen LogP) is 4.20. The van der Waals surface area contributed by atoms with Gasteiger partial charge in [0.25, 0.3) is 0 Å². The van der Waals surface area contributed by atoms with Gasteiger partial charge in [-0.05, 0) is 69.6 Å². The standard InChI is InChI=1S/C31H39N3O4S/c1-20-11-10-12-21(2)25(20)33-28(37)26-31-16-15-30(3,39-31)23(27(36)32-19-22-13-6-4-7-14-22)24(31)29(38)34(26)17-8-5-9-18-35/h4,6-7,10-14,23-24,26,35H,5,8-9,15-19H2,1-3H3,(H,32,36)(H,33,37)/t23-,24-,26?,30+,31?/m0/s1. The average molecular weight is 550 g/mol. The van der Waals surface area contributed by atoms with Gasteiger partial charge in [-0.3, -0.25) is 14.4 Å². The number of aryl methyl sites for hydroxylation is 2. The highest BCUT2D eigenvalue weighted by molar-refractivity contribution is 8.02. The number of nitrogens with one attached hydrogen (secondary N) is 2. The van der Waals surface area contributed by atoms with Crippen molar-refractivity contribution in [2.75, 3.05) is 18.5 Å². The lowest BCUT2D eigenvalue weighted by molar-refractivity contribution is -0.140. The summed E-state index contributed by atoms with van der Waals surface area (Å²) in [6.07, 6.45) is 3.65. The highest BCUT2D eigenvalue weighted by atomic mass is 32.2. The first-order chi connectivity index (χ1) is 18.7. The Balaban J connectivity index is 1.45. The normalized spacial score (nSPS) is 29.0. The van der Waals surface area contributed by atoms with Gasteiger partial charge in [-0.1, -0.05) is 48.5 Å². The van der Waals surface area contributed by atoms with E-state index in [0.29, 0.717) is 25.9 Å². The molecule has 3 heterocycles. The number of aliphatic hydroxyl groups is 1. The van der Waals surface area contributed by atoms with Crippen LogP contribution in [0.1, 0.15) is 55.7 Å². The van der Waals surface area contributed by atoms with Crippen LogP contribution in [-0.2, 0) is 20.9 Å². The molecule has 0 radical (unpaired) electrons. The van der Waals surface area contributed by atoms with Crippen LogP contribution in [0.4, 0.5) is 5.69 Å². The molecule has 208 valence electrons. The number of fused-ring (bicyclic) bond motifs is 1. The number of nitrogens with zero attached hydrogens (tertiary/aromatic N) is 1. The maximum absolute atomic E-state index is 14.2. The number of rotatable bonds is 10. The molecule has 0 aliphatic carbocycles. The lowest BCUT2D eigenvalue weighted by Gasteiger charge is -2.35. The number of aliphatic hydroxyl groups excluding tert-OH is 1. The summed E-state index contributed by atoms with van der Waals surface area (Å²) in [5, 5.41) is 15.5. The van der Waals surface area contributed by atoms with Gasteiger partial charge in [0.15, 0.2) is 0 Å². The maximum atomic E-state index is 14.2. The van der Waals surface area contributed by atoms with Crippen molar-refractivity contribution in [1.29, 1.82) is 0 Å². The third-order valence-electron chi connectivity index (χ3n) is 8.90. The fraction of sp³-hybridized carbons (Fsp3) is 0.516. The van der Waals surface area contributed by atoms with Gasteiger partial charge in [-0.25, -0.2) is 0 Å². The minimum absolute atomic E-state index is 0.0866. The first-order valence-electron chi connectivity index (χ1n) is 14.0. The third kappa shape index (κ3) is 4.86. The van der Waals surface area contributed by atoms with E-state index in [0.717, 1.165) is 41.6 Å². The van der Waals surface area contributed by atoms with E-state index < -0.39 is 27.4 Å². The van der Waals surface area contributed by atoms with Gasteiger partial charge in [-0.15, -0.1) is 11.8 Å². The van der Waals surface area contributed by atoms with E-state index in [-0.39, 0.29) is 24.3 Å². The number of thioether (sulfide) groups is 1. The van der Waals surface area contributed by atoms with Gasteiger partial charge in [0.2, 0.25) is 17.7 Å². The van der Waals surface area contributed by atoms with Gasteiger partial charge >= 0.3 is 0 Å². The van der Waals surface area contributed by atoms with Crippen molar-refractivity contribution in [3.8, 4) is 0 Å². The molecule has 3 saturated heterocycles. The molecule has 3 aliphatic heterocycles. The lowest BCUT2D eigenvalue weighted by atomic mass is 9.66. The summed E-state index contributed by atoms with van der Waals surface area (Å²) in [5.41, 5.74) is 3.75. The van der Waals surface area contributed by atoms with Crippen molar-refractivity contribution in [1.82, 2.24) is 10.2 Å². The highest BCUT2D eigenvalue weighted by Gasteiger charge is 2.77. The van der Waals surface area contributed by atoms with Crippen molar-refractivity contribution in [2.45, 2.75) is 75.0 Å². The van der Waals surface area contributed by atoms with Crippen molar-refractivity contribution in [3.05, 3.63) is 65.2 Å². The molecule has 2 aromatic carbocycles. The number of carbonyl (C=O) groups is 3. The lowest BCUT2D eigenvalue weighted by Crippen LogP contribution is -2.52. The van der Waals surface area contributed by atoms with E-state index >= 15 is 0 Å². The Morgan fingerprint density at radius 3 is 2.41 bits per heavy atom. The molecule has 8 heteroatoms. The Morgan fingerprint density at radius 1 is 1.00 bits per heavy atom. The van der Waals surface area contributed by atoms with Crippen LogP contribution in [0.2, 0.25) is 0 Å². The van der Waals surface area contributed by atoms with Gasteiger partial charge in [0.1, 0.15) is 6.04 Å². The molecule has 39 heavy (non-hydrogen) atoms. The number of hydrogen-bond acceptors (Lipinski definition) is 5. The van der Waals surface area contributed by atoms with E-state index in [9.17, 15) is 19.5 Å². The van der Waals surface area contributed by atoms with E-state index in [1.165, 1.54) is 0 Å². The van der Waals surface area contributed by atoms with Crippen LogP contribution in [0.3, 0.4) is 0 Å². The first-order valence-corrected chi connectivity index (χ1v) is 14.8. The molecule has 3 amide bonds. The largest absolute Gasteiger partial charge is 0.396 e. The van der Waals surface area contributed by atoms with Crippen LogP contribution in [0.25, 0.3) is 0 Å². The Labute approximate surface area is 235 Å². The van der Waals surface area contributed by atoms with Crippen LogP contribution in [0.15, 0.2) is 48.5 Å². The summed E-state index contributed by atoms with van der Waals surface area (Å²) >= 11 is 1.69. The molecule has 2 unspecified atom stereocenters. The molecule has 2 aromatic rings. The third-order valence-corrected chi connectivity index (χ3v) is 10.9. The van der Waals surface area contributed by atoms with Gasteiger partial charge < -0.3 is 20.6 Å². The quantitative estimate of drug-likeness (QED) is 0.386. The zero-order valence-corrected chi connectivity index (χ0v) is 23.9. The van der Waals surface area contributed by atoms with E-state index in [1.54, 1.807) is 16.7 Å². The SMILES string of the molecule is Cc1cccc(C)c1NC(=O)C1N(CCCCCO)C(=O)[C@@H]2[C@@H](C(=O)NCc3ccccc3)[C@@]3(C)CCC12S3. The second kappa shape index (κ2) is 11.0. The summed E-state index contributed by atoms with van der Waals surface area (Å²) in [4.78, 5) is 43.8. The molecule has 3 aliphatic rings. The molecule has 0 saturated carbocycles. The van der Waals surface area contributed by atoms with Crippen LogP contribution >= 0.6 is 11.8 Å². The van der Waals surface area contributed by atoms with E-state index in [2.05, 4.69) is 17.6 Å². The Kier molecular flexibility index (Phi) is 7.80. The Morgan fingerprint density at radius 2 is 1.72 bits per heavy atom. The van der Waals surface area contributed by atoms with Crippen molar-refractivity contribution in [2.24, 2.45) is 11.8 Å². The molecule has 5 atom stereocenters. The number of amides is 3. The van der Waals surface area contributed by atoms with Crippen LogP contribution in [0, 0.1) is 25.7 Å². The Bertz CT molecular complexity index is 1230. The maximum Gasteiger partial charge on any atom is 0.248 e. The molecule has 5 rings (SSSR count). The number of likely N-dealkylation sites (tertiary alicyclic amines) is 1. The molecule has 3 fully saturated rings. The number of carbonyl (C=O) groups excluding carboxylic acids is 3. The smallest absolute Gasteiger partial charge is 0.248 e. The minimum atomic E-state index is -0.651. The molecule has 3 N–H and O–H groups in total. The minimum Gasteiger partial charge on any atom is -0.396 e. The van der Waals surface area contributed by atoms with Gasteiger partial charge in [0, 0.05) is 30.1 Å². The van der Waals surface area contributed by atoms with Crippen LogP contribution in [0.5, 0.6) is 0 Å². The van der Waals surface area contributed by atoms with Crippen molar-refractivity contribution in [3.63, 3.8) is 0 Å². The van der Waals surface area contributed by atoms with Gasteiger partial charge in [-0.2, -0.15) is 0 Å². The number of benzene rings is 2. The highest BCUT2D eigenvalue weighted by Crippen LogP contribution is 2.71. The summed E-state index contributed by atoms with van der Waals surface area (Å²) in [6, 6.07) is 15.0. The number of para-hydroxylation sites is 1. The van der Waals surface area contributed by atoms with Gasteiger partial charge in [0.05, 0.1) is 16.6 Å². The Hall–Kier alpha value is -2.84. The molecule has 1 spiro atoms. The summed E-state index contributed by atoms with van der Waals surface area (Å²) in [5.74, 6) is -1.40. The average Bonchev–Trinajstić information content (AvgIpc) is 3.48. The second-order valence-electron chi connectivity index (χ2n) is 11.5. The first kappa shape index (κ1) is 27.7. The molecule has 7 nitrogen and oxygen atoms in total. The predicted molar refractivity (Wildman–Crippen MR) is 154 cm³/mol. The summed E-state index contributed by atoms with van der Waals surface area (Å²) < 4.78 is -1.04. The summed E-state index contributed by atoms with van der Waals surface area (Å²) in [7, 11) is 0. The molecule has 2 bridgehead atoms. The molecule has 0 aromatic heterocycles. The fourth-order valence-corrected chi connectivity index (χ4v) is 9.39. The number of hydrogen-bond donors (Lipinski definition) is 3. The van der Waals surface area contributed by atoms with E-state index in [4.69, 9.17) is 0 Å². The number of unbranched alkanes of at least 4 members (excludes halogenated alkanes) is 2. The second-order valence-corrected chi connectivity index (χ2v) is 13.4. The van der Waals surface area contributed by atoms with Crippen LogP contribution in [-0.4, -0.2) is 56.4 Å². The van der Waals surface area contributed by atoms with Crippen LogP contribution < -0.4 is 10.6 Å². The fourth-order valence-electron chi connectivity index (χ4n) is 7.04. The zero-order valence-electron chi connectivity index (χ0n) is 23.0. The van der Waals surface area contributed by atoms with E-state index in [1.807, 2.05) is 62.4 Å². The topological polar surface area (TPSA) is 98.7 Å². The molecular weight excluding hydrogens is 510 g/mol. The zero-order chi connectivity index (χ0) is 27.8. The molecular formula is C31H39N3O4S. The summed E-state index contributed by atoms with van der Waals surface area (Å²) in [6.45, 7) is 7.00.